The minimum Gasteiger partial charge on any atom is -0.305 e. The van der Waals surface area contributed by atoms with Crippen molar-refractivity contribution in [1.29, 1.82) is 0 Å². The van der Waals surface area contributed by atoms with Crippen molar-refractivity contribution in [3.05, 3.63) is 12.2 Å². The summed E-state index contributed by atoms with van der Waals surface area (Å²) in [6, 6.07) is 0. The van der Waals surface area contributed by atoms with Gasteiger partial charge in [-0.15, -0.1) is 6.08 Å². The van der Waals surface area contributed by atoms with Gasteiger partial charge in [-0.2, -0.15) is 0 Å². The molecule has 0 fully saturated rings. The third-order valence-corrected chi connectivity index (χ3v) is 0.513. The van der Waals surface area contributed by atoms with E-state index in [-0.39, 0.29) is 5.91 Å². The zero-order valence-corrected chi connectivity index (χ0v) is 3.06. The summed E-state index contributed by atoms with van der Waals surface area (Å²) in [5.74, 6) is -0.0880. The lowest BCUT2D eigenvalue weighted by atomic mass is 10.6. The SMILES string of the molecule is O=C1C=C[C-]=[NH+]1. The molecule has 2 nitrogen and oxygen atoms in total. The Labute approximate surface area is 35.2 Å². The van der Waals surface area contributed by atoms with Crippen molar-refractivity contribution in [2.75, 3.05) is 0 Å². The molecule has 0 saturated carbocycles. The van der Waals surface area contributed by atoms with E-state index >= 15 is 0 Å². The van der Waals surface area contributed by atoms with E-state index in [0.717, 1.165) is 0 Å². The molecule has 0 bridgehead atoms. The topological polar surface area (TPSA) is 31.0 Å². The van der Waals surface area contributed by atoms with E-state index in [2.05, 4.69) is 11.2 Å². The van der Waals surface area contributed by atoms with Gasteiger partial charge in [-0.1, -0.05) is 6.08 Å². The van der Waals surface area contributed by atoms with E-state index in [4.69, 9.17) is 0 Å². The van der Waals surface area contributed by atoms with Crippen LogP contribution in [0.15, 0.2) is 12.2 Å². The molecule has 0 aliphatic carbocycles. The third kappa shape index (κ3) is 0.360. The number of carbonyl (C=O) groups excluding carboxylic acids is 1. The predicted octanol–water partition coefficient (Wildman–Crippen LogP) is -1.89. The summed E-state index contributed by atoms with van der Waals surface area (Å²) in [6.45, 7) is 0. The molecule has 0 radical (unpaired) electrons. The average Bonchev–Trinajstić information content (AvgIpc) is 1.86. The van der Waals surface area contributed by atoms with Gasteiger partial charge in [0, 0.05) is 0 Å². The van der Waals surface area contributed by atoms with Crippen molar-refractivity contribution >= 4 is 12.1 Å². The fourth-order valence-electron chi connectivity index (χ4n) is 0.272. The Morgan fingerprint density at radius 1 is 1.83 bits per heavy atom. The first-order chi connectivity index (χ1) is 2.89. The lowest BCUT2D eigenvalue weighted by Crippen LogP contribution is -2.70. The van der Waals surface area contributed by atoms with Crippen molar-refractivity contribution in [2.24, 2.45) is 0 Å². The molecular formula is C4H3NO. The first-order valence-electron chi connectivity index (χ1n) is 1.61. The van der Waals surface area contributed by atoms with Gasteiger partial charge in [0.15, 0.2) is 0 Å². The second kappa shape index (κ2) is 1.05. The second-order valence-electron chi connectivity index (χ2n) is 0.967. The maximum absolute atomic E-state index is 9.98. The normalized spacial score (nSPS) is 17.0. The standard InChI is InChI=1S/C4H3NO/c6-4-2-1-3-5-4/h1-2,5H. The number of rotatable bonds is 0. The first kappa shape index (κ1) is 3.28. The number of hydrogen-bond acceptors (Lipinski definition) is 1. The van der Waals surface area contributed by atoms with Gasteiger partial charge in [0.1, 0.15) is 6.21 Å². The van der Waals surface area contributed by atoms with Gasteiger partial charge in [0.25, 0.3) is 5.91 Å². The van der Waals surface area contributed by atoms with Gasteiger partial charge in [-0.05, 0) is 0 Å². The Hall–Kier alpha value is -0.920. The molecule has 0 spiro atoms. The van der Waals surface area contributed by atoms with Crippen LogP contribution in [0.3, 0.4) is 0 Å². The summed E-state index contributed by atoms with van der Waals surface area (Å²) in [5.41, 5.74) is 0. The molecule has 1 N–H and O–H groups in total. The fraction of sp³-hybridized carbons (Fsp3) is 0. The number of allylic oxidation sites excluding steroid dienone is 1. The molecule has 0 aromatic rings. The monoisotopic (exact) mass is 81.0 g/mol. The Kier molecular flexibility index (Phi) is 0.572. The largest absolute Gasteiger partial charge is 0.305 e. The van der Waals surface area contributed by atoms with Gasteiger partial charge >= 0.3 is 0 Å². The molecule has 1 aliphatic rings. The molecule has 2 heteroatoms. The summed E-state index contributed by atoms with van der Waals surface area (Å²) >= 11 is 0. The van der Waals surface area contributed by atoms with Crippen LogP contribution in [0, 0.1) is 0 Å². The molecule has 0 atom stereocenters. The maximum atomic E-state index is 9.98. The van der Waals surface area contributed by atoms with Gasteiger partial charge < -0.3 is 4.79 Å². The molecular weight excluding hydrogens is 78.0 g/mol. The highest BCUT2D eigenvalue weighted by Gasteiger charge is 1.86. The highest BCUT2D eigenvalue weighted by Crippen LogP contribution is 1.62. The van der Waals surface area contributed by atoms with Gasteiger partial charge in [-0.3, -0.25) is 4.99 Å². The number of hydrogen-bond donors (Lipinski definition) is 1. The van der Waals surface area contributed by atoms with Crippen LogP contribution in [0.1, 0.15) is 0 Å². The Morgan fingerprint density at radius 3 is 2.83 bits per heavy atom. The highest BCUT2D eigenvalue weighted by molar-refractivity contribution is 5.91. The van der Waals surface area contributed by atoms with E-state index in [1.54, 1.807) is 6.08 Å². The first-order valence-corrected chi connectivity index (χ1v) is 1.61. The minimum absolute atomic E-state index is 0.0880. The van der Waals surface area contributed by atoms with Crippen LogP contribution in [0.5, 0.6) is 0 Å². The van der Waals surface area contributed by atoms with Crippen molar-refractivity contribution in [3.63, 3.8) is 0 Å². The van der Waals surface area contributed by atoms with Gasteiger partial charge in [0.2, 0.25) is 0 Å². The van der Waals surface area contributed by atoms with Crippen molar-refractivity contribution in [3.8, 4) is 0 Å². The molecule has 30 valence electrons. The molecule has 0 unspecified atom stereocenters. The van der Waals surface area contributed by atoms with E-state index in [1.165, 1.54) is 6.08 Å². The lowest BCUT2D eigenvalue weighted by molar-refractivity contribution is -0.362. The Morgan fingerprint density at radius 2 is 2.67 bits per heavy atom. The van der Waals surface area contributed by atoms with E-state index in [0.29, 0.717) is 0 Å². The van der Waals surface area contributed by atoms with E-state index in [1.807, 2.05) is 0 Å². The zero-order chi connectivity index (χ0) is 4.41. The zero-order valence-electron chi connectivity index (χ0n) is 3.06. The Bertz CT molecular complexity index is 110. The summed E-state index contributed by atoms with van der Waals surface area (Å²) < 4.78 is 0. The van der Waals surface area contributed by atoms with Gasteiger partial charge in [0.05, 0.1) is 0 Å². The molecule has 0 aromatic carbocycles. The summed E-state index contributed by atoms with van der Waals surface area (Å²) in [4.78, 5) is 12.3. The van der Waals surface area contributed by atoms with E-state index in [9.17, 15) is 4.79 Å². The summed E-state index contributed by atoms with van der Waals surface area (Å²) in [6.07, 6.45) is 5.45. The summed E-state index contributed by atoms with van der Waals surface area (Å²) in [7, 11) is 0. The molecule has 0 aromatic heterocycles. The minimum atomic E-state index is -0.0880. The van der Waals surface area contributed by atoms with Crippen LogP contribution in [0.25, 0.3) is 0 Å². The smallest absolute Gasteiger partial charge is 0.256 e. The van der Waals surface area contributed by atoms with E-state index < -0.39 is 0 Å². The summed E-state index contributed by atoms with van der Waals surface area (Å²) in [5, 5.41) is 0. The lowest BCUT2D eigenvalue weighted by Gasteiger charge is -1.67. The molecule has 1 heterocycles. The Balaban J connectivity index is 2.86. The molecule has 1 amide bonds. The third-order valence-electron chi connectivity index (χ3n) is 0.513. The molecule has 6 heavy (non-hydrogen) atoms. The molecule has 1 rings (SSSR count). The number of nitrogens with one attached hydrogen (secondary N) is 1. The second-order valence-corrected chi connectivity index (χ2v) is 0.967. The van der Waals surface area contributed by atoms with Crippen molar-refractivity contribution < 1.29 is 9.79 Å². The average molecular weight is 81.1 g/mol. The van der Waals surface area contributed by atoms with Gasteiger partial charge in [-0.25, -0.2) is 0 Å². The van der Waals surface area contributed by atoms with Crippen LogP contribution < -0.4 is 4.99 Å². The quantitative estimate of drug-likeness (QED) is 0.340. The highest BCUT2D eigenvalue weighted by atomic mass is 16.1. The number of amides is 1. The van der Waals surface area contributed by atoms with Crippen LogP contribution in [0.4, 0.5) is 0 Å². The number of carbonyl (C=O) groups is 1. The molecule has 1 aliphatic heterocycles. The van der Waals surface area contributed by atoms with Crippen LogP contribution in [0.2, 0.25) is 0 Å². The maximum Gasteiger partial charge on any atom is 0.256 e. The molecule has 0 saturated heterocycles. The van der Waals surface area contributed by atoms with Crippen LogP contribution in [-0.2, 0) is 4.79 Å². The van der Waals surface area contributed by atoms with Crippen LogP contribution >= 0.6 is 0 Å². The predicted molar refractivity (Wildman–Crippen MR) is 20.1 cm³/mol. The van der Waals surface area contributed by atoms with Crippen LogP contribution in [-0.4, -0.2) is 12.1 Å². The van der Waals surface area contributed by atoms with Crippen molar-refractivity contribution in [1.82, 2.24) is 0 Å². The fourth-order valence-corrected chi connectivity index (χ4v) is 0.272. The van der Waals surface area contributed by atoms with Crippen molar-refractivity contribution in [2.45, 2.75) is 0 Å².